The second kappa shape index (κ2) is 11.3. The third kappa shape index (κ3) is 4.39. The smallest absolute Gasteiger partial charge is 0.253 e. The predicted molar refractivity (Wildman–Crippen MR) is 156 cm³/mol. The molecular formula is C31H42ClN3O5. The van der Waals surface area contributed by atoms with Gasteiger partial charge >= 0.3 is 0 Å². The van der Waals surface area contributed by atoms with Crippen LogP contribution in [0.15, 0.2) is 49.6 Å². The number of para-hydroxylation sites is 1. The quantitative estimate of drug-likeness (QED) is 0.407. The number of anilines is 1. The van der Waals surface area contributed by atoms with Gasteiger partial charge < -0.3 is 24.5 Å². The molecule has 8 atom stereocenters. The maximum atomic E-state index is 14.8. The molecule has 0 radical (unpaired) electrons. The zero-order chi connectivity index (χ0) is 29.6. The summed E-state index contributed by atoms with van der Waals surface area (Å²) in [4.78, 5) is 47.9. The van der Waals surface area contributed by atoms with Gasteiger partial charge in [0.25, 0.3) is 5.91 Å². The molecule has 4 rings (SSSR count). The van der Waals surface area contributed by atoms with Gasteiger partial charge in [-0.3, -0.25) is 14.4 Å². The number of aliphatic hydroxyl groups excluding tert-OH is 1. The normalized spacial score (nSPS) is 32.0. The van der Waals surface area contributed by atoms with Crippen LogP contribution >= 0.6 is 11.6 Å². The van der Waals surface area contributed by atoms with Crippen molar-refractivity contribution in [1.29, 1.82) is 0 Å². The maximum absolute atomic E-state index is 14.8. The fourth-order valence-electron chi connectivity index (χ4n) is 7.28. The fourth-order valence-corrected chi connectivity index (χ4v) is 7.52. The first-order valence-electron chi connectivity index (χ1n) is 14.1. The van der Waals surface area contributed by atoms with Gasteiger partial charge in [0.05, 0.1) is 40.8 Å². The number of amides is 3. The number of carbonyl (C=O) groups excluding carboxylic acids is 3. The Kier molecular flexibility index (Phi) is 8.56. The van der Waals surface area contributed by atoms with E-state index in [0.29, 0.717) is 30.1 Å². The van der Waals surface area contributed by atoms with Gasteiger partial charge in [-0.25, -0.2) is 0 Å². The Bertz CT molecular complexity index is 1190. The molecule has 0 aromatic heterocycles. The first-order valence-corrected chi connectivity index (χ1v) is 14.5. The van der Waals surface area contributed by atoms with Crippen LogP contribution in [0.4, 0.5) is 5.69 Å². The van der Waals surface area contributed by atoms with Gasteiger partial charge in [0.15, 0.2) is 0 Å². The van der Waals surface area contributed by atoms with Crippen LogP contribution in [-0.2, 0) is 19.1 Å². The van der Waals surface area contributed by atoms with Gasteiger partial charge in [0, 0.05) is 20.1 Å². The van der Waals surface area contributed by atoms with Gasteiger partial charge in [-0.2, -0.15) is 0 Å². The van der Waals surface area contributed by atoms with Gasteiger partial charge in [-0.05, 0) is 37.3 Å². The van der Waals surface area contributed by atoms with Crippen LogP contribution in [0.25, 0.3) is 0 Å². The molecule has 218 valence electrons. The summed E-state index contributed by atoms with van der Waals surface area (Å²) >= 11 is 6.56. The standard InChI is InChI=1S/C31H42ClN3O5/c1-8-15-33(7)27(37)24-25-28(38)35(23(18-36)19(4)10-3)26(31(25)17-20(5)30(24,6)40-31)29(39)34(16-9-2)22-14-12-11-13-21(22)32/h8-9,11-14,19-20,23-26,36H,1-2,10,15-18H2,3-7H3/t19-,20?,23-,24+,25-,26?,30-,31?/m0/s1. The van der Waals surface area contributed by atoms with E-state index in [0.717, 1.165) is 0 Å². The Balaban J connectivity index is 1.92. The summed E-state index contributed by atoms with van der Waals surface area (Å²) in [6.45, 7) is 15.6. The van der Waals surface area contributed by atoms with E-state index in [-0.39, 0.29) is 42.7 Å². The lowest BCUT2D eigenvalue weighted by atomic mass is 9.62. The number of hydrogen-bond donors (Lipinski definition) is 1. The van der Waals surface area contributed by atoms with Crippen molar-refractivity contribution in [2.75, 3.05) is 31.6 Å². The third-order valence-corrected chi connectivity index (χ3v) is 9.92. The maximum Gasteiger partial charge on any atom is 0.253 e. The zero-order valence-corrected chi connectivity index (χ0v) is 24.9. The molecule has 9 heteroatoms. The number of nitrogens with zero attached hydrogens (tertiary/aromatic N) is 3. The summed E-state index contributed by atoms with van der Waals surface area (Å²) in [7, 11) is 1.69. The molecule has 3 amide bonds. The molecule has 40 heavy (non-hydrogen) atoms. The predicted octanol–water partition coefficient (Wildman–Crippen LogP) is 3.92. The number of fused-ring (bicyclic) bond motifs is 1. The van der Waals surface area contributed by atoms with Gasteiger partial charge in [0.2, 0.25) is 11.8 Å². The molecule has 3 heterocycles. The number of benzene rings is 1. The van der Waals surface area contributed by atoms with E-state index in [2.05, 4.69) is 13.2 Å². The monoisotopic (exact) mass is 571 g/mol. The highest BCUT2D eigenvalue weighted by atomic mass is 35.5. The van der Waals surface area contributed by atoms with Crippen molar-refractivity contribution in [2.45, 2.75) is 63.8 Å². The van der Waals surface area contributed by atoms with E-state index in [1.807, 2.05) is 27.7 Å². The lowest BCUT2D eigenvalue weighted by molar-refractivity contribution is -0.154. The van der Waals surface area contributed by atoms with Crippen LogP contribution in [0.2, 0.25) is 5.02 Å². The van der Waals surface area contributed by atoms with Crippen LogP contribution in [0.5, 0.6) is 0 Å². The molecule has 3 fully saturated rings. The molecule has 0 saturated carbocycles. The number of rotatable bonds is 11. The summed E-state index contributed by atoms with van der Waals surface area (Å²) in [5.41, 5.74) is -1.68. The van der Waals surface area contributed by atoms with Crippen molar-refractivity contribution in [2.24, 2.45) is 23.7 Å². The average Bonchev–Trinajstić information content (AvgIpc) is 3.44. The molecule has 3 unspecified atom stereocenters. The Morgan fingerprint density at radius 1 is 1.25 bits per heavy atom. The molecule has 0 aliphatic carbocycles. The fraction of sp³-hybridized carbons (Fsp3) is 0.581. The van der Waals surface area contributed by atoms with Gasteiger partial charge in [-0.1, -0.05) is 63.1 Å². The number of aliphatic hydroxyl groups is 1. The van der Waals surface area contributed by atoms with Crippen LogP contribution in [0.1, 0.15) is 40.5 Å². The minimum atomic E-state index is -1.24. The number of likely N-dealkylation sites (N-methyl/N-ethyl adjacent to an activating group) is 1. The van der Waals surface area contributed by atoms with Crippen LogP contribution in [0.3, 0.4) is 0 Å². The highest BCUT2D eigenvalue weighted by Crippen LogP contribution is 2.66. The first-order chi connectivity index (χ1) is 18.9. The molecule has 3 aliphatic rings. The minimum Gasteiger partial charge on any atom is -0.394 e. The van der Waals surface area contributed by atoms with Crippen molar-refractivity contribution in [3.8, 4) is 0 Å². The van der Waals surface area contributed by atoms with Crippen LogP contribution in [0, 0.1) is 23.7 Å². The highest BCUT2D eigenvalue weighted by Gasteiger charge is 2.80. The molecule has 1 spiro atoms. The number of hydrogen-bond acceptors (Lipinski definition) is 5. The lowest BCUT2D eigenvalue weighted by Crippen LogP contribution is -2.60. The second-order valence-electron chi connectivity index (χ2n) is 11.8. The van der Waals surface area contributed by atoms with E-state index < -0.39 is 35.1 Å². The molecule has 1 aromatic rings. The van der Waals surface area contributed by atoms with E-state index in [1.54, 1.807) is 53.3 Å². The van der Waals surface area contributed by atoms with Crippen molar-refractivity contribution >= 4 is 35.0 Å². The second-order valence-corrected chi connectivity index (χ2v) is 12.2. The first kappa shape index (κ1) is 30.3. The Morgan fingerprint density at radius 3 is 2.48 bits per heavy atom. The van der Waals surface area contributed by atoms with Crippen LogP contribution in [-0.4, -0.2) is 82.7 Å². The van der Waals surface area contributed by atoms with Gasteiger partial charge in [-0.15, -0.1) is 13.2 Å². The molecule has 1 aromatic carbocycles. The Morgan fingerprint density at radius 2 is 1.90 bits per heavy atom. The molecule has 1 N–H and O–H groups in total. The molecule has 8 nitrogen and oxygen atoms in total. The molecular weight excluding hydrogens is 530 g/mol. The Labute approximate surface area is 242 Å². The number of ether oxygens (including phenoxy) is 1. The van der Waals surface area contributed by atoms with Crippen molar-refractivity contribution in [1.82, 2.24) is 9.80 Å². The van der Waals surface area contributed by atoms with E-state index in [1.165, 1.54) is 4.90 Å². The van der Waals surface area contributed by atoms with Gasteiger partial charge in [0.1, 0.15) is 11.6 Å². The molecule has 2 bridgehead atoms. The topological polar surface area (TPSA) is 90.4 Å². The van der Waals surface area contributed by atoms with E-state index >= 15 is 0 Å². The summed E-state index contributed by atoms with van der Waals surface area (Å²) in [5.74, 6) is -2.74. The van der Waals surface area contributed by atoms with Crippen molar-refractivity contribution in [3.63, 3.8) is 0 Å². The summed E-state index contributed by atoms with van der Waals surface area (Å²) in [5, 5.41) is 11.0. The van der Waals surface area contributed by atoms with Crippen LogP contribution < -0.4 is 4.90 Å². The van der Waals surface area contributed by atoms with E-state index in [9.17, 15) is 19.5 Å². The number of halogens is 1. The molecule has 3 saturated heterocycles. The third-order valence-electron chi connectivity index (χ3n) is 9.60. The molecule has 3 aliphatic heterocycles. The Hall–Kier alpha value is -2.68. The summed E-state index contributed by atoms with van der Waals surface area (Å²) in [6.07, 6.45) is 4.38. The average molecular weight is 572 g/mol. The lowest BCUT2D eigenvalue weighted by Gasteiger charge is -2.41. The van der Waals surface area contributed by atoms with E-state index in [4.69, 9.17) is 16.3 Å². The minimum absolute atomic E-state index is 0.0952. The SMILES string of the molecule is C=CCN(C)C(=O)[C@H]1[C@H]2C(=O)N([C@@H](CO)[C@@H](C)CC)C(C(=O)N(CC=C)c3ccccc3Cl)C23CC(C)[C@]1(C)O3. The largest absolute Gasteiger partial charge is 0.394 e. The zero-order valence-electron chi connectivity index (χ0n) is 24.2. The summed E-state index contributed by atoms with van der Waals surface area (Å²) in [6, 6.07) is 5.36. The van der Waals surface area contributed by atoms with Crippen molar-refractivity contribution in [3.05, 3.63) is 54.6 Å². The summed E-state index contributed by atoms with van der Waals surface area (Å²) < 4.78 is 6.86. The van der Waals surface area contributed by atoms with Crippen molar-refractivity contribution < 1.29 is 24.2 Å². The number of likely N-dealkylation sites (tertiary alicyclic amines) is 1. The number of carbonyl (C=O) groups is 3. The highest BCUT2D eigenvalue weighted by molar-refractivity contribution is 6.34.